The summed E-state index contributed by atoms with van der Waals surface area (Å²) in [5, 5.41) is 6.65. The Balaban J connectivity index is 0.000000277. The molecular weight excluding hydrogens is 506 g/mol. The zero-order chi connectivity index (χ0) is 30.6. The molecular formula is C36H75N3O2. The molecule has 0 unspecified atom stereocenters. The summed E-state index contributed by atoms with van der Waals surface area (Å²) in [5.74, 6) is 5.61. The molecule has 246 valence electrons. The van der Waals surface area contributed by atoms with E-state index in [2.05, 4.69) is 84.8 Å². The summed E-state index contributed by atoms with van der Waals surface area (Å²) in [6.45, 7) is 31.9. The first-order valence-electron chi connectivity index (χ1n) is 17.8. The van der Waals surface area contributed by atoms with Gasteiger partial charge in [0.2, 0.25) is 0 Å². The van der Waals surface area contributed by atoms with Gasteiger partial charge in [0.25, 0.3) is 0 Å². The summed E-state index contributed by atoms with van der Waals surface area (Å²) < 4.78 is 10.7. The van der Waals surface area contributed by atoms with Gasteiger partial charge in [-0.2, -0.15) is 0 Å². The number of nitrogens with zero attached hydrogens (tertiary/aromatic N) is 1. The van der Waals surface area contributed by atoms with Crippen LogP contribution in [0.15, 0.2) is 0 Å². The van der Waals surface area contributed by atoms with Gasteiger partial charge in [-0.3, -0.25) is 4.90 Å². The first-order chi connectivity index (χ1) is 19.5. The molecule has 0 bridgehead atoms. The van der Waals surface area contributed by atoms with Crippen LogP contribution in [0.3, 0.4) is 0 Å². The van der Waals surface area contributed by atoms with Crippen molar-refractivity contribution >= 4 is 0 Å². The van der Waals surface area contributed by atoms with Gasteiger partial charge in [-0.25, -0.2) is 0 Å². The molecule has 0 aromatic heterocycles. The fourth-order valence-electron chi connectivity index (χ4n) is 7.04. The number of piperidine rings is 1. The molecule has 0 spiro atoms. The van der Waals surface area contributed by atoms with Crippen molar-refractivity contribution in [3.63, 3.8) is 0 Å². The van der Waals surface area contributed by atoms with Crippen LogP contribution in [0, 0.1) is 35.5 Å². The van der Waals surface area contributed by atoms with Gasteiger partial charge in [0, 0.05) is 44.6 Å². The van der Waals surface area contributed by atoms with Crippen LogP contribution < -0.4 is 10.6 Å². The van der Waals surface area contributed by atoms with Crippen molar-refractivity contribution in [3.05, 3.63) is 0 Å². The quantitative estimate of drug-likeness (QED) is 0.289. The zero-order valence-corrected chi connectivity index (χ0v) is 29.5. The van der Waals surface area contributed by atoms with Crippen molar-refractivity contribution in [1.29, 1.82) is 0 Å². The number of nitrogens with one attached hydrogen (secondary N) is 2. The Morgan fingerprint density at radius 1 is 0.512 bits per heavy atom. The molecule has 0 aliphatic carbocycles. The highest BCUT2D eigenvalue weighted by molar-refractivity contribution is 4.79. The van der Waals surface area contributed by atoms with E-state index in [1.165, 1.54) is 84.0 Å². The minimum atomic E-state index is 0.656. The third-order valence-electron chi connectivity index (χ3n) is 8.88. The van der Waals surface area contributed by atoms with E-state index in [-0.39, 0.29) is 0 Å². The minimum absolute atomic E-state index is 0.656. The lowest BCUT2D eigenvalue weighted by Gasteiger charge is -2.40. The molecule has 4 heterocycles. The van der Waals surface area contributed by atoms with E-state index < -0.39 is 0 Å². The highest BCUT2D eigenvalue weighted by Gasteiger charge is 2.25. The van der Waals surface area contributed by atoms with Crippen LogP contribution >= 0.6 is 0 Å². The van der Waals surface area contributed by atoms with Crippen LogP contribution in [0.25, 0.3) is 0 Å². The van der Waals surface area contributed by atoms with Crippen molar-refractivity contribution in [1.82, 2.24) is 15.5 Å². The van der Waals surface area contributed by atoms with Crippen molar-refractivity contribution in [2.75, 3.05) is 52.6 Å². The highest BCUT2D eigenvalue weighted by Crippen LogP contribution is 2.23. The molecule has 0 saturated carbocycles. The van der Waals surface area contributed by atoms with Crippen LogP contribution in [0.5, 0.6) is 0 Å². The van der Waals surface area contributed by atoms with Crippen molar-refractivity contribution in [3.8, 4) is 0 Å². The van der Waals surface area contributed by atoms with Crippen LogP contribution in [-0.4, -0.2) is 75.6 Å². The minimum Gasteiger partial charge on any atom is -0.381 e. The van der Waals surface area contributed by atoms with E-state index in [9.17, 15) is 0 Å². The Hall–Kier alpha value is -0.200. The van der Waals surface area contributed by atoms with E-state index in [0.29, 0.717) is 12.1 Å². The van der Waals surface area contributed by atoms with Gasteiger partial charge in [-0.15, -0.1) is 0 Å². The van der Waals surface area contributed by atoms with Crippen LogP contribution in [-0.2, 0) is 9.47 Å². The van der Waals surface area contributed by atoms with E-state index >= 15 is 0 Å². The highest BCUT2D eigenvalue weighted by atomic mass is 16.5. The Labute approximate surface area is 258 Å². The Morgan fingerprint density at radius 3 is 1.24 bits per heavy atom. The summed E-state index contributed by atoms with van der Waals surface area (Å²) >= 11 is 0. The maximum atomic E-state index is 5.38. The molecule has 4 fully saturated rings. The molecule has 41 heavy (non-hydrogen) atoms. The first kappa shape index (κ1) is 38.8. The monoisotopic (exact) mass is 582 g/mol. The van der Waals surface area contributed by atoms with E-state index in [1.807, 2.05) is 0 Å². The summed E-state index contributed by atoms with van der Waals surface area (Å²) in [7, 11) is 0. The number of hydrogen-bond acceptors (Lipinski definition) is 5. The Morgan fingerprint density at radius 2 is 0.902 bits per heavy atom. The lowest BCUT2D eigenvalue weighted by molar-refractivity contribution is 0.00884. The molecule has 5 nitrogen and oxygen atoms in total. The second-order valence-corrected chi connectivity index (χ2v) is 15.1. The van der Waals surface area contributed by atoms with E-state index in [0.717, 1.165) is 68.0 Å². The standard InChI is InChI=1S/C11H23NO.C9H19N.C9H18O.C7H15N/c1-9(2)12(10(3)4)11-5-7-13-8-6-11;2*1-8(2)7-9-3-5-10-6-4-9;1-6(2)3-7-4-8-5-7/h9-11H,5-8H2,1-4H3;8-10H,3-7H2,1-2H3;8-9H,3-7H2,1-2H3;6-8H,3-5H2,1-2H3. The molecule has 2 N–H and O–H groups in total. The summed E-state index contributed by atoms with van der Waals surface area (Å²) in [6, 6.07) is 2.06. The molecule has 4 aliphatic heterocycles. The molecule has 0 amide bonds. The van der Waals surface area contributed by atoms with Crippen LogP contribution in [0.4, 0.5) is 0 Å². The van der Waals surface area contributed by atoms with Gasteiger partial charge in [-0.05, 0) is 147 Å². The van der Waals surface area contributed by atoms with Crippen LogP contribution in [0.2, 0.25) is 0 Å². The van der Waals surface area contributed by atoms with Gasteiger partial charge >= 0.3 is 0 Å². The fraction of sp³-hybridized carbons (Fsp3) is 1.00. The molecule has 4 aliphatic rings. The van der Waals surface area contributed by atoms with Gasteiger partial charge < -0.3 is 20.1 Å². The normalized spacial score (nSPS) is 21.4. The SMILES string of the molecule is CC(C)CC1CCNCC1.CC(C)CC1CCOCC1.CC(C)CC1CNC1.CC(C)N(C(C)C)C1CCOCC1. The molecule has 5 heteroatoms. The molecule has 0 aromatic carbocycles. The molecule has 4 saturated heterocycles. The van der Waals surface area contributed by atoms with Gasteiger partial charge in [0.05, 0.1) is 0 Å². The second kappa shape index (κ2) is 23.2. The van der Waals surface area contributed by atoms with Crippen molar-refractivity contribution < 1.29 is 9.47 Å². The third-order valence-corrected chi connectivity index (χ3v) is 8.88. The predicted octanol–water partition coefficient (Wildman–Crippen LogP) is 8.03. The number of rotatable bonds is 9. The number of ether oxygens (including phenoxy) is 2. The fourth-order valence-corrected chi connectivity index (χ4v) is 7.04. The Bertz CT molecular complexity index is 541. The molecule has 0 radical (unpaired) electrons. The molecule has 0 atom stereocenters. The van der Waals surface area contributed by atoms with Crippen molar-refractivity contribution in [2.45, 2.75) is 145 Å². The summed E-state index contributed by atoms with van der Waals surface area (Å²) in [4.78, 5) is 2.61. The first-order valence-corrected chi connectivity index (χ1v) is 17.8. The van der Waals surface area contributed by atoms with E-state index in [1.54, 1.807) is 0 Å². The summed E-state index contributed by atoms with van der Waals surface area (Å²) in [6.07, 6.45) is 12.0. The predicted molar refractivity (Wildman–Crippen MR) is 180 cm³/mol. The smallest absolute Gasteiger partial charge is 0.0480 e. The van der Waals surface area contributed by atoms with Crippen LogP contribution in [0.1, 0.15) is 127 Å². The lowest BCUT2D eigenvalue weighted by atomic mass is 9.89. The number of hydrogen-bond donors (Lipinski definition) is 2. The third kappa shape index (κ3) is 19.6. The Kier molecular flexibility index (Phi) is 22.0. The van der Waals surface area contributed by atoms with Gasteiger partial charge in [0.1, 0.15) is 0 Å². The van der Waals surface area contributed by atoms with Gasteiger partial charge in [0.15, 0.2) is 0 Å². The largest absolute Gasteiger partial charge is 0.381 e. The summed E-state index contributed by atoms with van der Waals surface area (Å²) in [5.41, 5.74) is 0. The molecule has 0 aromatic rings. The topological polar surface area (TPSA) is 45.8 Å². The maximum Gasteiger partial charge on any atom is 0.0480 e. The lowest BCUT2D eigenvalue weighted by Crippen LogP contribution is -2.47. The second-order valence-electron chi connectivity index (χ2n) is 15.1. The zero-order valence-electron chi connectivity index (χ0n) is 29.5. The van der Waals surface area contributed by atoms with E-state index in [4.69, 9.17) is 9.47 Å². The van der Waals surface area contributed by atoms with Gasteiger partial charge in [-0.1, -0.05) is 41.5 Å². The average molecular weight is 582 g/mol. The van der Waals surface area contributed by atoms with Crippen molar-refractivity contribution in [2.24, 2.45) is 35.5 Å². The average Bonchev–Trinajstić information content (AvgIpc) is 2.88. The molecule has 4 rings (SSSR count). The maximum absolute atomic E-state index is 5.38.